The summed E-state index contributed by atoms with van der Waals surface area (Å²) >= 11 is 12.5. The van der Waals surface area contributed by atoms with E-state index < -0.39 is 11.6 Å². The van der Waals surface area contributed by atoms with Crippen LogP contribution in [0.25, 0.3) is 0 Å². The van der Waals surface area contributed by atoms with Gasteiger partial charge in [0.25, 0.3) is 0 Å². The first-order chi connectivity index (χ1) is 8.99. The van der Waals surface area contributed by atoms with E-state index in [4.69, 9.17) is 32.5 Å². The van der Waals surface area contributed by atoms with Crippen molar-refractivity contribution in [2.75, 3.05) is 12.4 Å². The molecular weight excluding hydrogens is 330 g/mol. The highest BCUT2D eigenvalue weighted by molar-refractivity contribution is 8.67. The second-order valence-corrected chi connectivity index (χ2v) is 10.2. The monoisotopic (exact) mass is 344 g/mol. The molecule has 0 unspecified atom stereocenters. The molecule has 9 heteroatoms. The summed E-state index contributed by atoms with van der Waals surface area (Å²) in [5.74, 6) is 0.167. The van der Waals surface area contributed by atoms with E-state index >= 15 is 0 Å². The third-order valence-electron chi connectivity index (χ3n) is 1.83. The zero-order valence-corrected chi connectivity index (χ0v) is 13.9. The molecule has 0 aliphatic rings. The summed E-state index contributed by atoms with van der Waals surface area (Å²) in [6.07, 6.45) is 0.980. The summed E-state index contributed by atoms with van der Waals surface area (Å²) in [5, 5.41) is -0.149. The van der Waals surface area contributed by atoms with Gasteiger partial charge in [-0.25, -0.2) is 4.98 Å². The molecule has 108 valence electrons. The summed E-state index contributed by atoms with van der Waals surface area (Å²) in [6.45, 7) is 4.45. The molecule has 0 aliphatic carbocycles. The number of nitrogens with zero attached hydrogens (tertiary/aromatic N) is 2. The summed E-state index contributed by atoms with van der Waals surface area (Å²) < 4.78 is 24.2. The molecule has 1 aromatic heterocycles. The molecule has 0 N–H and O–H groups in total. The fraction of sp³-hybridized carbons (Fsp3) is 0.600. The van der Waals surface area contributed by atoms with Crippen LogP contribution in [0.2, 0.25) is 5.28 Å². The molecule has 0 bridgehead atoms. The van der Waals surface area contributed by atoms with E-state index in [1.165, 1.54) is 17.4 Å². The van der Waals surface area contributed by atoms with Crippen LogP contribution in [0.4, 0.5) is 4.39 Å². The van der Waals surface area contributed by atoms with Crippen molar-refractivity contribution in [3.05, 3.63) is 23.0 Å². The van der Waals surface area contributed by atoms with Crippen LogP contribution in [-0.4, -0.2) is 22.3 Å². The Morgan fingerprint density at radius 3 is 2.74 bits per heavy atom. The fourth-order valence-corrected chi connectivity index (χ4v) is 5.84. The highest BCUT2D eigenvalue weighted by atomic mass is 35.5. The molecule has 4 nitrogen and oxygen atoms in total. The molecule has 1 rings (SSSR count). The molecule has 1 heterocycles. The van der Waals surface area contributed by atoms with Gasteiger partial charge in [-0.1, -0.05) is 18.3 Å². The van der Waals surface area contributed by atoms with Gasteiger partial charge in [0.2, 0.25) is 16.9 Å². The summed E-state index contributed by atoms with van der Waals surface area (Å²) in [4.78, 5) is 7.22. The molecule has 0 spiro atoms. The van der Waals surface area contributed by atoms with Gasteiger partial charge >= 0.3 is 0 Å². The molecule has 0 aromatic carbocycles. The van der Waals surface area contributed by atoms with Crippen LogP contribution in [0.15, 0.2) is 6.07 Å². The highest BCUT2D eigenvalue weighted by Gasteiger charge is 2.19. The predicted molar refractivity (Wildman–Crippen MR) is 80.4 cm³/mol. The number of hydrogen-bond donors (Lipinski definition) is 0. The maximum Gasteiger partial charge on any atom is 0.247 e. The molecular formula is C10H15ClFN2O2PS2. The van der Waals surface area contributed by atoms with Gasteiger partial charge in [0.05, 0.1) is 18.9 Å². The molecule has 0 radical (unpaired) electrons. The van der Waals surface area contributed by atoms with Crippen LogP contribution >= 0.6 is 28.7 Å². The Bertz CT molecular complexity index is 447. The molecule has 0 fully saturated rings. The topological polar surface area (TPSA) is 44.2 Å². The van der Waals surface area contributed by atoms with Gasteiger partial charge in [-0.2, -0.15) is 9.37 Å². The van der Waals surface area contributed by atoms with E-state index in [0.29, 0.717) is 12.3 Å². The number of aromatic nitrogens is 2. The average Bonchev–Trinajstić information content (AvgIpc) is 2.34. The maximum atomic E-state index is 13.1. The largest absolute Gasteiger partial charge is 0.322 e. The Balaban J connectivity index is 2.67. The summed E-state index contributed by atoms with van der Waals surface area (Å²) in [6, 6.07) is 1.17. The molecule has 1 atom stereocenters. The second kappa shape index (κ2) is 8.49. The van der Waals surface area contributed by atoms with Crippen LogP contribution in [0.5, 0.6) is 0 Å². The van der Waals surface area contributed by atoms with Crippen LogP contribution in [0.3, 0.4) is 0 Å². The Labute approximate surface area is 126 Å². The van der Waals surface area contributed by atoms with Crippen molar-refractivity contribution in [2.24, 2.45) is 0 Å². The predicted octanol–water partition coefficient (Wildman–Crippen LogP) is 4.19. The third kappa shape index (κ3) is 6.47. The molecule has 0 amide bonds. The van der Waals surface area contributed by atoms with E-state index in [1.807, 2.05) is 6.92 Å². The van der Waals surface area contributed by atoms with Crippen molar-refractivity contribution in [1.29, 1.82) is 0 Å². The molecule has 0 aliphatic heterocycles. The quantitative estimate of drug-likeness (QED) is 0.400. The minimum Gasteiger partial charge on any atom is -0.322 e. The van der Waals surface area contributed by atoms with Gasteiger partial charge in [0.1, 0.15) is 0 Å². The zero-order chi connectivity index (χ0) is 14.3. The van der Waals surface area contributed by atoms with E-state index in [9.17, 15) is 4.39 Å². The Hall–Kier alpha value is 0.220. The van der Waals surface area contributed by atoms with Gasteiger partial charge in [-0.15, -0.1) is 0 Å². The lowest BCUT2D eigenvalue weighted by Gasteiger charge is -2.20. The molecule has 0 saturated carbocycles. The van der Waals surface area contributed by atoms with Gasteiger partial charge in [-0.05, 0) is 36.8 Å². The van der Waals surface area contributed by atoms with Crippen LogP contribution in [-0.2, 0) is 27.5 Å². The van der Waals surface area contributed by atoms with Crippen LogP contribution in [0.1, 0.15) is 26.0 Å². The Morgan fingerprint density at radius 2 is 2.16 bits per heavy atom. The van der Waals surface area contributed by atoms with Crippen molar-refractivity contribution in [3.8, 4) is 0 Å². The van der Waals surface area contributed by atoms with Crippen LogP contribution in [0, 0.1) is 5.95 Å². The van der Waals surface area contributed by atoms with Crippen molar-refractivity contribution < 1.29 is 13.4 Å². The standard InChI is InChI=1S/C10H15ClFN2O2PS2/c1-3-5-19-17(18,15-4-2)16-7-8-6-9(12)14-10(11)13-8/h6H,3-5,7H2,1-2H3/t17-/m0/s1. The first-order valence-electron chi connectivity index (χ1n) is 5.71. The van der Waals surface area contributed by atoms with E-state index in [0.717, 1.165) is 12.2 Å². The number of halogens is 2. The molecule has 0 saturated heterocycles. The lowest BCUT2D eigenvalue weighted by atomic mass is 10.4. The third-order valence-corrected chi connectivity index (χ3v) is 7.64. The molecule has 1 aromatic rings. The van der Waals surface area contributed by atoms with Gasteiger partial charge in [-0.3, -0.25) is 0 Å². The SMILES string of the molecule is CCCS[P@@](=S)(OCC)OCc1cc(F)nc(Cl)n1. The smallest absolute Gasteiger partial charge is 0.247 e. The summed E-state index contributed by atoms with van der Waals surface area (Å²) in [7, 11) is 0. The van der Waals surface area contributed by atoms with E-state index in [-0.39, 0.29) is 11.9 Å². The van der Waals surface area contributed by atoms with Gasteiger partial charge < -0.3 is 9.05 Å². The maximum absolute atomic E-state index is 13.1. The number of rotatable bonds is 8. The zero-order valence-electron chi connectivity index (χ0n) is 10.6. The highest BCUT2D eigenvalue weighted by Crippen LogP contribution is 2.61. The van der Waals surface area contributed by atoms with Crippen LogP contribution < -0.4 is 0 Å². The van der Waals surface area contributed by atoms with Crippen molar-refractivity contribution in [2.45, 2.75) is 26.9 Å². The minimum absolute atomic E-state index is 0.0627. The average molecular weight is 345 g/mol. The van der Waals surface area contributed by atoms with E-state index in [1.54, 1.807) is 0 Å². The van der Waals surface area contributed by atoms with Crippen molar-refractivity contribution in [3.63, 3.8) is 0 Å². The first kappa shape index (κ1) is 17.3. The first-order valence-corrected chi connectivity index (χ1v) is 10.3. The van der Waals surface area contributed by atoms with Crippen molar-refractivity contribution >= 4 is 40.5 Å². The van der Waals surface area contributed by atoms with Crippen molar-refractivity contribution in [1.82, 2.24) is 9.97 Å². The molecule has 19 heavy (non-hydrogen) atoms. The summed E-state index contributed by atoms with van der Waals surface area (Å²) in [5.41, 5.74) is -2.06. The second-order valence-electron chi connectivity index (χ2n) is 3.42. The van der Waals surface area contributed by atoms with E-state index in [2.05, 4.69) is 16.9 Å². The lowest BCUT2D eigenvalue weighted by Crippen LogP contribution is -1.99. The van der Waals surface area contributed by atoms with Gasteiger partial charge in [0, 0.05) is 11.8 Å². The number of hydrogen-bond acceptors (Lipinski definition) is 6. The fourth-order valence-electron chi connectivity index (χ4n) is 1.13. The Morgan fingerprint density at radius 1 is 1.42 bits per heavy atom. The lowest BCUT2D eigenvalue weighted by molar-refractivity contribution is 0.258. The minimum atomic E-state index is -2.41. The normalized spacial score (nSPS) is 14.3. The Kier molecular flexibility index (Phi) is 7.72. The van der Waals surface area contributed by atoms with Gasteiger partial charge in [0.15, 0.2) is 0 Å².